The quantitative estimate of drug-likeness (QED) is 0.571. The number of aliphatic hydroxyl groups excluding tert-OH is 1. The van der Waals surface area contributed by atoms with Crippen LogP contribution in [0, 0.1) is 11.3 Å². The van der Waals surface area contributed by atoms with E-state index in [9.17, 15) is 4.79 Å². The van der Waals surface area contributed by atoms with Crippen molar-refractivity contribution in [1.82, 2.24) is 0 Å². The predicted molar refractivity (Wildman–Crippen MR) is 89.0 cm³/mol. The molecule has 6 nitrogen and oxygen atoms in total. The summed E-state index contributed by atoms with van der Waals surface area (Å²) in [7, 11) is 0. The van der Waals surface area contributed by atoms with E-state index in [2.05, 4.69) is 5.32 Å². The molecule has 0 saturated heterocycles. The minimum atomic E-state index is -0.459. The number of carbonyl (C=O) groups excluding carboxylic acids is 1. The van der Waals surface area contributed by atoms with Gasteiger partial charge in [0.2, 0.25) is 0 Å². The van der Waals surface area contributed by atoms with Crippen LogP contribution in [0.2, 0.25) is 0 Å². The largest absolute Gasteiger partial charge is 0.490 e. The molecule has 2 aromatic rings. The lowest BCUT2D eigenvalue weighted by atomic mass is 10.2. The van der Waals surface area contributed by atoms with E-state index >= 15 is 0 Å². The summed E-state index contributed by atoms with van der Waals surface area (Å²) in [4.78, 5) is 12.1. The average Bonchev–Trinajstić information content (AvgIpc) is 2.64. The highest BCUT2D eigenvalue weighted by atomic mass is 16.6. The number of rotatable bonds is 8. The smallest absolute Gasteiger partial charge is 0.340 e. The van der Waals surface area contributed by atoms with Crippen molar-refractivity contribution >= 4 is 11.7 Å². The summed E-state index contributed by atoms with van der Waals surface area (Å²) in [5.41, 5.74) is 1.58. The van der Waals surface area contributed by atoms with Gasteiger partial charge in [-0.2, -0.15) is 5.26 Å². The van der Waals surface area contributed by atoms with Crippen LogP contribution in [-0.2, 0) is 4.74 Å². The molecule has 6 heteroatoms. The first-order valence-corrected chi connectivity index (χ1v) is 7.48. The lowest BCUT2D eigenvalue weighted by Crippen LogP contribution is -2.15. The zero-order valence-electron chi connectivity index (χ0n) is 13.1. The van der Waals surface area contributed by atoms with Crippen LogP contribution in [0.1, 0.15) is 15.9 Å². The maximum absolute atomic E-state index is 12.1. The molecule has 124 valence electrons. The summed E-state index contributed by atoms with van der Waals surface area (Å²) in [6.07, 6.45) is 0. The molecule has 0 radical (unpaired) electrons. The predicted octanol–water partition coefficient (Wildman–Crippen LogP) is 2.20. The van der Waals surface area contributed by atoms with Crippen LogP contribution < -0.4 is 10.1 Å². The molecule has 0 spiro atoms. The minimum Gasteiger partial charge on any atom is -0.490 e. The molecule has 2 rings (SSSR count). The number of esters is 1. The maximum atomic E-state index is 12.1. The first-order chi connectivity index (χ1) is 11.7. The van der Waals surface area contributed by atoms with Crippen molar-refractivity contribution in [3.63, 3.8) is 0 Å². The van der Waals surface area contributed by atoms with Crippen LogP contribution in [0.15, 0.2) is 48.5 Å². The molecule has 2 aromatic carbocycles. The summed E-state index contributed by atoms with van der Waals surface area (Å²) < 4.78 is 10.6. The average molecular weight is 326 g/mol. The van der Waals surface area contributed by atoms with Gasteiger partial charge in [-0.15, -0.1) is 0 Å². The molecule has 2 N–H and O–H groups in total. The van der Waals surface area contributed by atoms with Crippen LogP contribution in [0.3, 0.4) is 0 Å². The number of nitrogens with one attached hydrogen (secondary N) is 1. The molecule has 0 bridgehead atoms. The molecular formula is C18H18N2O4. The molecular weight excluding hydrogens is 308 g/mol. The lowest BCUT2D eigenvalue weighted by molar-refractivity contribution is 0.0451. The highest BCUT2D eigenvalue weighted by Crippen LogP contribution is 2.16. The van der Waals surface area contributed by atoms with E-state index in [1.165, 1.54) is 0 Å². The normalized spacial score (nSPS) is 9.83. The molecule has 0 aliphatic carbocycles. The number of para-hydroxylation sites is 1. The summed E-state index contributed by atoms with van der Waals surface area (Å²) in [6, 6.07) is 15.7. The highest BCUT2D eigenvalue weighted by Gasteiger charge is 2.11. The van der Waals surface area contributed by atoms with E-state index in [0.29, 0.717) is 29.1 Å². The Morgan fingerprint density at radius 2 is 1.88 bits per heavy atom. The maximum Gasteiger partial charge on any atom is 0.340 e. The number of hydrogen-bond donors (Lipinski definition) is 2. The lowest BCUT2D eigenvalue weighted by Gasteiger charge is -2.11. The third kappa shape index (κ3) is 5.00. The summed E-state index contributed by atoms with van der Waals surface area (Å²) in [5.74, 6) is 0.148. The second kappa shape index (κ2) is 9.18. The number of ether oxygens (including phenoxy) is 2. The van der Waals surface area contributed by atoms with Crippen LogP contribution in [-0.4, -0.2) is 37.4 Å². The van der Waals surface area contributed by atoms with Crippen LogP contribution in [0.5, 0.6) is 5.75 Å². The van der Waals surface area contributed by atoms with Crippen molar-refractivity contribution in [3.8, 4) is 11.8 Å². The van der Waals surface area contributed by atoms with Gasteiger partial charge in [-0.3, -0.25) is 0 Å². The number of hydrogen-bond acceptors (Lipinski definition) is 6. The highest BCUT2D eigenvalue weighted by molar-refractivity contribution is 5.95. The van der Waals surface area contributed by atoms with Gasteiger partial charge in [0, 0.05) is 12.2 Å². The number of anilines is 1. The van der Waals surface area contributed by atoms with Crippen molar-refractivity contribution in [2.24, 2.45) is 0 Å². The first-order valence-electron chi connectivity index (χ1n) is 7.48. The van der Waals surface area contributed by atoms with Crippen molar-refractivity contribution in [2.75, 3.05) is 31.7 Å². The van der Waals surface area contributed by atoms with Crippen molar-refractivity contribution in [3.05, 3.63) is 59.7 Å². The standard InChI is InChI=1S/C18H18N2O4/c19-13-14-5-7-15(8-6-14)23-11-12-24-18(22)16-3-1-2-4-17(16)20-9-10-21/h1-8,20-21H,9-12H2. The Morgan fingerprint density at radius 3 is 2.58 bits per heavy atom. The molecule has 0 unspecified atom stereocenters. The molecule has 0 amide bonds. The summed E-state index contributed by atoms with van der Waals surface area (Å²) >= 11 is 0. The molecule has 0 aliphatic rings. The number of benzene rings is 2. The second-order valence-corrected chi connectivity index (χ2v) is 4.82. The van der Waals surface area contributed by atoms with Crippen molar-refractivity contribution in [2.45, 2.75) is 0 Å². The van der Waals surface area contributed by atoms with E-state index < -0.39 is 5.97 Å². The van der Waals surface area contributed by atoms with E-state index in [0.717, 1.165) is 0 Å². The Kier molecular flexibility index (Phi) is 6.62. The Labute approximate surface area is 140 Å². The van der Waals surface area contributed by atoms with Gasteiger partial charge in [0.05, 0.1) is 23.8 Å². The Bertz CT molecular complexity index is 708. The fourth-order valence-corrected chi connectivity index (χ4v) is 2.00. The number of carbonyl (C=O) groups is 1. The zero-order valence-corrected chi connectivity index (χ0v) is 13.1. The molecule has 0 saturated carbocycles. The Hall–Kier alpha value is -3.04. The van der Waals surface area contributed by atoms with Gasteiger partial charge in [-0.1, -0.05) is 12.1 Å². The van der Waals surface area contributed by atoms with Crippen molar-refractivity contribution in [1.29, 1.82) is 5.26 Å². The molecule has 0 fully saturated rings. The topological polar surface area (TPSA) is 91.6 Å². The van der Waals surface area contributed by atoms with Gasteiger partial charge in [0.25, 0.3) is 0 Å². The third-order valence-electron chi connectivity index (χ3n) is 3.14. The molecule has 0 heterocycles. The molecule has 0 aromatic heterocycles. The molecule has 0 aliphatic heterocycles. The van der Waals surface area contributed by atoms with E-state index in [1.807, 2.05) is 6.07 Å². The fourth-order valence-electron chi connectivity index (χ4n) is 2.00. The van der Waals surface area contributed by atoms with Crippen LogP contribution in [0.4, 0.5) is 5.69 Å². The third-order valence-corrected chi connectivity index (χ3v) is 3.14. The van der Waals surface area contributed by atoms with Gasteiger partial charge < -0.3 is 19.9 Å². The van der Waals surface area contributed by atoms with Crippen LogP contribution in [0.25, 0.3) is 0 Å². The first kappa shape index (κ1) is 17.3. The Balaban J connectivity index is 1.81. The minimum absolute atomic E-state index is 0.0260. The van der Waals surface area contributed by atoms with Gasteiger partial charge in [0.1, 0.15) is 19.0 Å². The van der Waals surface area contributed by atoms with E-state index in [4.69, 9.17) is 19.8 Å². The summed E-state index contributed by atoms with van der Waals surface area (Å²) in [6.45, 7) is 0.644. The van der Waals surface area contributed by atoms with Crippen molar-refractivity contribution < 1.29 is 19.4 Å². The Morgan fingerprint density at radius 1 is 1.12 bits per heavy atom. The number of aliphatic hydroxyl groups is 1. The molecule has 0 atom stereocenters. The molecule has 24 heavy (non-hydrogen) atoms. The van der Waals surface area contributed by atoms with E-state index in [1.54, 1.807) is 48.5 Å². The monoisotopic (exact) mass is 326 g/mol. The number of nitrogens with zero attached hydrogens (tertiary/aromatic N) is 1. The summed E-state index contributed by atoms with van der Waals surface area (Å²) in [5, 5.41) is 20.5. The fraction of sp³-hybridized carbons (Fsp3) is 0.222. The van der Waals surface area contributed by atoms with Gasteiger partial charge >= 0.3 is 5.97 Å². The van der Waals surface area contributed by atoms with Gasteiger partial charge in [0.15, 0.2) is 0 Å². The number of nitriles is 1. The SMILES string of the molecule is N#Cc1ccc(OCCOC(=O)c2ccccc2NCCO)cc1. The van der Waals surface area contributed by atoms with Gasteiger partial charge in [-0.05, 0) is 36.4 Å². The zero-order chi connectivity index (χ0) is 17.2. The van der Waals surface area contributed by atoms with Gasteiger partial charge in [-0.25, -0.2) is 4.79 Å². The van der Waals surface area contributed by atoms with Crippen LogP contribution >= 0.6 is 0 Å². The second-order valence-electron chi connectivity index (χ2n) is 4.82. The van der Waals surface area contributed by atoms with E-state index in [-0.39, 0.29) is 19.8 Å².